The molecule has 0 radical (unpaired) electrons. The summed E-state index contributed by atoms with van der Waals surface area (Å²) in [4.78, 5) is 25.7. The van der Waals surface area contributed by atoms with E-state index in [1.807, 2.05) is 49.4 Å². The molecular weight excluding hydrogens is 422 g/mol. The molecule has 0 aliphatic carbocycles. The highest BCUT2D eigenvalue weighted by atomic mass is 35.5. The van der Waals surface area contributed by atoms with E-state index in [1.165, 1.54) is 5.56 Å². The summed E-state index contributed by atoms with van der Waals surface area (Å²) in [6.07, 6.45) is 0. The Morgan fingerprint density at radius 1 is 0.906 bits per heavy atom. The molecule has 0 aliphatic heterocycles. The second-order valence-electron chi connectivity index (χ2n) is 7.62. The molecule has 160 valence electrons. The lowest BCUT2D eigenvalue weighted by atomic mass is 10.0. The van der Waals surface area contributed by atoms with Crippen molar-refractivity contribution in [2.24, 2.45) is 0 Å². The topological polar surface area (TPSA) is 64.0 Å². The quantitative estimate of drug-likeness (QED) is 0.389. The lowest BCUT2D eigenvalue weighted by Crippen LogP contribution is -2.14. The maximum Gasteiger partial charge on any atom is 0.260 e. The van der Waals surface area contributed by atoms with E-state index in [0.717, 1.165) is 5.56 Å². The summed E-state index contributed by atoms with van der Waals surface area (Å²) in [6, 6.07) is 24.0. The van der Waals surface area contributed by atoms with Gasteiger partial charge >= 0.3 is 0 Å². The number of carbonyl (C=O) groups is 2. The maximum atomic E-state index is 13.0. The Morgan fingerprint density at radius 3 is 2.31 bits per heavy atom. The SMILES string of the molecule is Cc1ccc(Cn2nc(C)c(C(=O)Nc3cccc(C(=O)c4ccccc4)c3)c2Cl)cc1. The van der Waals surface area contributed by atoms with E-state index < -0.39 is 0 Å². The van der Waals surface area contributed by atoms with E-state index in [0.29, 0.717) is 34.6 Å². The third kappa shape index (κ3) is 4.63. The van der Waals surface area contributed by atoms with Crippen molar-refractivity contribution in [1.29, 1.82) is 0 Å². The summed E-state index contributed by atoms with van der Waals surface area (Å²) >= 11 is 6.52. The molecule has 1 amide bonds. The van der Waals surface area contributed by atoms with Crippen LogP contribution in [0.25, 0.3) is 0 Å². The van der Waals surface area contributed by atoms with Crippen molar-refractivity contribution in [3.8, 4) is 0 Å². The van der Waals surface area contributed by atoms with Gasteiger partial charge in [-0.3, -0.25) is 9.59 Å². The third-order valence-corrected chi connectivity index (χ3v) is 5.55. The second kappa shape index (κ2) is 9.20. The Hall–Kier alpha value is -3.70. The van der Waals surface area contributed by atoms with Crippen LogP contribution in [-0.4, -0.2) is 21.5 Å². The standard InChI is InChI=1S/C26H22ClN3O2/c1-17-11-13-19(14-12-17)16-30-25(27)23(18(2)29-30)26(32)28-22-10-6-9-21(15-22)24(31)20-7-4-3-5-8-20/h3-15H,16H2,1-2H3,(H,28,32). The van der Waals surface area contributed by atoms with Gasteiger partial charge in [0, 0.05) is 16.8 Å². The van der Waals surface area contributed by atoms with Crippen LogP contribution < -0.4 is 5.32 Å². The Kier molecular flexibility index (Phi) is 6.19. The van der Waals surface area contributed by atoms with Gasteiger partial charge < -0.3 is 5.32 Å². The number of rotatable bonds is 6. The minimum atomic E-state index is -0.369. The van der Waals surface area contributed by atoms with E-state index >= 15 is 0 Å². The van der Waals surface area contributed by atoms with Gasteiger partial charge in [0.1, 0.15) is 5.15 Å². The number of hydrogen-bond acceptors (Lipinski definition) is 3. The fourth-order valence-electron chi connectivity index (χ4n) is 3.47. The molecule has 1 aromatic heterocycles. The molecule has 3 aromatic carbocycles. The molecule has 0 bridgehead atoms. The predicted molar refractivity (Wildman–Crippen MR) is 127 cm³/mol. The van der Waals surface area contributed by atoms with Crippen LogP contribution in [0.15, 0.2) is 78.9 Å². The summed E-state index contributed by atoms with van der Waals surface area (Å²) in [5, 5.41) is 7.56. The molecule has 0 saturated heterocycles. The zero-order valence-electron chi connectivity index (χ0n) is 17.8. The molecule has 0 aliphatic rings. The number of aryl methyl sites for hydroxylation is 2. The van der Waals surface area contributed by atoms with E-state index in [2.05, 4.69) is 10.4 Å². The van der Waals surface area contributed by atoms with E-state index in [-0.39, 0.29) is 16.8 Å². The van der Waals surface area contributed by atoms with Crippen LogP contribution in [0.1, 0.15) is 43.1 Å². The van der Waals surface area contributed by atoms with Gasteiger partial charge in [0.25, 0.3) is 5.91 Å². The predicted octanol–water partition coefficient (Wildman–Crippen LogP) is 5.68. The lowest BCUT2D eigenvalue weighted by molar-refractivity contribution is 0.102. The van der Waals surface area contributed by atoms with Crippen LogP contribution in [0.3, 0.4) is 0 Å². The van der Waals surface area contributed by atoms with Gasteiger partial charge in [-0.2, -0.15) is 5.10 Å². The highest BCUT2D eigenvalue weighted by Gasteiger charge is 2.21. The van der Waals surface area contributed by atoms with E-state index in [4.69, 9.17) is 11.6 Å². The zero-order valence-corrected chi connectivity index (χ0v) is 18.6. The van der Waals surface area contributed by atoms with Crippen molar-refractivity contribution in [3.63, 3.8) is 0 Å². The number of halogens is 1. The number of aromatic nitrogens is 2. The molecule has 0 atom stereocenters. The number of ketones is 1. The van der Waals surface area contributed by atoms with Crippen molar-refractivity contribution in [1.82, 2.24) is 9.78 Å². The number of nitrogens with one attached hydrogen (secondary N) is 1. The smallest absolute Gasteiger partial charge is 0.260 e. The van der Waals surface area contributed by atoms with Crippen LogP contribution in [-0.2, 0) is 6.54 Å². The molecule has 4 aromatic rings. The van der Waals surface area contributed by atoms with Crippen molar-refractivity contribution in [3.05, 3.63) is 118 Å². The van der Waals surface area contributed by atoms with Crippen LogP contribution in [0.4, 0.5) is 5.69 Å². The highest BCUT2D eigenvalue weighted by molar-refractivity contribution is 6.33. The number of amides is 1. The molecule has 0 fully saturated rings. The van der Waals surface area contributed by atoms with Crippen LogP contribution in [0.2, 0.25) is 5.15 Å². The monoisotopic (exact) mass is 443 g/mol. The molecule has 32 heavy (non-hydrogen) atoms. The van der Waals surface area contributed by atoms with Crippen molar-refractivity contribution >= 4 is 29.0 Å². The Morgan fingerprint density at radius 2 is 1.59 bits per heavy atom. The average Bonchev–Trinajstić information content (AvgIpc) is 3.08. The number of nitrogens with zero attached hydrogens (tertiary/aromatic N) is 2. The number of anilines is 1. The number of carbonyl (C=O) groups excluding carboxylic acids is 2. The number of benzene rings is 3. The van der Waals surface area contributed by atoms with Crippen molar-refractivity contribution in [2.75, 3.05) is 5.32 Å². The van der Waals surface area contributed by atoms with Crippen LogP contribution >= 0.6 is 11.6 Å². The largest absolute Gasteiger partial charge is 0.322 e. The minimum absolute atomic E-state index is 0.109. The van der Waals surface area contributed by atoms with E-state index in [1.54, 1.807) is 48.0 Å². The van der Waals surface area contributed by atoms with Gasteiger partial charge in [-0.15, -0.1) is 0 Å². The van der Waals surface area contributed by atoms with Gasteiger partial charge in [-0.1, -0.05) is 83.9 Å². The van der Waals surface area contributed by atoms with Crippen molar-refractivity contribution < 1.29 is 9.59 Å². The molecule has 1 heterocycles. The molecule has 4 rings (SSSR count). The first-order valence-corrected chi connectivity index (χ1v) is 10.6. The molecular formula is C26H22ClN3O2. The normalized spacial score (nSPS) is 10.7. The molecule has 6 heteroatoms. The number of hydrogen-bond donors (Lipinski definition) is 1. The first-order valence-electron chi connectivity index (χ1n) is 10.2. The average molecular weight is 444 g/mol. The molecule has 0 spiro atoms. The van der Waals surface area contributed by atoms with Crippen LogP contribution in [0.5, 0.6) is 0 Å². The van der Waals surface area contributed by atoms with Gasteiger partial charge in [-0.05, 0) is 31.5 Å². The van der Waals surface area contributed by atoms with Gasteiger partial charge in [-0.25, -0.2) is 4.68 Å². The van der Waals surface area contributed by atoms with Crippen LogP contribution in [0, 0.1) is 13.8 Å². The summed E-state index contributed by atoms with van der Waals surface area (Å²) in [5.74, 6) is -0.478. The maximum absolute atomic E-state index is 13.0. The first-order chi connectivity index (χ1) is 15.4. The minimum Gasteiger partial charge on any atom is -0.322 e. The third-order valence-electron chi connectivity index (χ3n) is 5.16. The fraction of sp³-hybridized carbons (Fsp3) is 0.115. The van der Waals surface area contributed by atoms with Crippen molar-refractivity contribution in [2.45, 2.75) is 20.4 Å². The fourth-order valence-corrected chi connectivity index (χ4v) is 3.79. The summed E-state index contributed by atoms with van der Waals surface area (Å²) in [7, 11) is 0. The molecule has 0 unspecified atom stereocenters. The first kappa shape index (κ1) is 21.5. The van der Waals surface area contributed by atoms with E-state index in [9.17, 15) is 9.59 Å². The van der Waals surface area contributed by atoms with Gasteiger partial charge in [0.15, 0.2) is 5.78 Å². The summed E-state index contributed by atoms with van der Waals surface area (Å²) in [6.45, 7) is 4.25. The molecule has 0 saturated carbocycles. The van der Waals surface area contributed by atoms with Gasteiger partial charge in [0.05, 0.1) is 17.8 Å². The second-order valence-corrected chi connectivity index (χ2v) is 7.98. The highest BCUT2D eigenvalue weighted by Crippen LogP contribution is 2.23. The Bertz CT molecular complexity index is 1280. The Balaban J connectivity index is 1.54. The molecule has 1 N–H and O–H groups in total. The zero-order chi connectivity index (χ0) is 22.7. The summed E-state index contributed by atoms with van der Waals surface area (Å²) < 4.78 is 1.62. The molecule has 5 nitrogen and oxygen atoms in total. The summed E-state index contributed by atoms with van der Waals surface area (Å²) in [5.41, 5.74) is 4.66. The van der Waals surface area contributed by atoms with Gasteiger partial charge in [0.2, 0.25) is 0 Å². The lowest BCUT2D eigenvalue weighted by Gasteiger charge is -2.08. The Labute approximate surface area is 191 Å².